The Morgan fingerprint density at radius 1 is 1.47 bits per heavy atom. The third kappa shape index (κ3) is 3.61. The summed E-state index contributed by atoms with van der Waals surface area (Å²) in [7, 11) is -3.33. The normalized spacial score (nSPS) is 13.4. The van der Waals surface area contributed by atoms with Gasteiger partial charge in [-0.15, -0.1) is 0 Å². The molecule has 0 bridgehead atoms. The summed E-state index contributed by atoms with van der Waals surface area (Å²) in [5, 5.41) is 12.4. The highest BCUT2D eigenvalue weighted by Gasteiger charge is 2.14. The molecule has 4 N–H and O–H groups in total. The maximum Gasteiger partial charge on any atom is 0.177 e. The summed E-state index contributed by atoms with van der Waals surface area (Å²) in [5.74, 6) is 0. The van der Waals surface area contributed by atoms with Crippen LogP contribution in [0.2, 0.25) is 0 Å². The van der Waals surface area contributed by atoms with Gasteiger partial charge in [-0.2, -0.15) is 0 Å². The Balaban J connectivity index is 2.96. The van der Waals surface area contributed by atoms with Crippen molar-refractivity contribution in [1.82, 2.24) is 0 Å². The van der Waals surface area contributed by atoms with Gasteiger partial charge in [0.05, 0.1) is 22.4 Å². The quantitative estimate of drug-likeness (QED) is 0.681. The molecule has 0 amide bonds. The molecule has 1 atom stereocenters. The SMILES string of the molecule is CCC(O)CNc1cccc(S(C)(=O)=O)c1N. The maximum atomic E-state index is 11.4. The molecule has 0 heterocycles. The molecule has 5 nitrogen and oxygen atoms in total. The number of nitrogens with two attached hydrogens (primary N) is 1. The van der Waals surface area contributed by atoms with Crippen molar-refractivity contribution < 1.29 is 13.5 Å². The van der Waals surface area contributed by atoms with E-state index < -0.39 is 15.9 Å². The molecule has 0 aliphatic carbocycles. The van der Waals surface area contributed by atoms with Crippen LogP contribution in [0.15, 0.2) is 23.1 Å². The van der Waals surface area contributed by atoms with Crippen LogP contribution < -0.4 is 11.1 Å². The van der Waals surface area contributed by atoms with Gasteiger partial charge in [-0.05, 0) is 18.6 Å². The summed E-state index contributed by atoms with van der Waals surface area (Å²) >= 11 is 0. The lowest BCUT2D eigenvalue weighted by atomic mass is 10.2. The van der Waals surface area contributed by atoms with Gasteiger partial charge in [0.15, 0.2) is 9.84 Å². The lowest BCUT2D eigenvalue weighted by Gasteiger charge is -2.14. The Bertz CT molecular complexity index is 485. The monoisotopic (exact) mass is 258 g/mol. The number of sulfone groups is 1. The molecular formula is C11H18N2O3S. The number of nitrogen functional groups attached to an aromatic ring is 1. The molecule has 17 heavy (non-hydrogen) atoms. The van der Waals surface area contributed by atoms with Gasteiger partial charge >= 0.3 is 0 Å². The number of hydrogen-bond acceptors (Lipinski definition) is 5. The van der Waals surface area contributed by atoms with Crippen molar-refractivity contribution in [2.75, 3.05) is 23.9 Å². The van der Waals surface area contributed by atoms with Crippen LogP contribution >= 0.6 is 0 Å². The minimum atomic E-state index is -3.33. The van der Waals surface area contributed by atoms with Crippen molar-refractivity contribution in [1.29, 1.82) is 0 Å². The van der Waals surface area contributed by atoms with Gasteiger partial charge in [-0.25, -0.2) is 8.42 Å². The Kier molecular flexibility index (Phi) is 4.36. The van der Waals surface area contributed by atoms with Gasteiger partial charge in [0.2, 0.25) is 0 Å². The summed E-state index contributed by atoms with van der Waals surface area (Å²) in [6, 6.07) is 4.77. The van der Waals surface area contributed by atoms with Crippen LogP contribution in [0.25, 0.3) is 0 Å². The van der Waals surface area contributed by atoms with Crippen LogP contribution in [-0.2, 0) is 9.84 Å². The predicted molar refractivity (Wildman–Crippen MR) is 68.8 cm³/mol. The molecule has 6 heteroatoms. The van der Waals surface area contributed by atoms with Gasteiger partial charge < -0.3 is 16.2 Å². The molecule has 0 radical (unpaired) electrons. The average Bonchev–Trinajstić information content (AvgIpc) is 2.25. The second-order valence-electron chi connectivity index (χ2n) is 3.93. The van der Waals surface area contributed by atoms with E-state index in [4.69, 9.17) is 5.73 Å². The number of aliphatic hydroxyl groups is 1. The number of nitrogens with one attached hydrogen (secondary N) is 1. The fraction of sp³-hybridized carbons (Fsp3) is 0.455. The molecule has 0 fully saturated rings. The van der Waals surface area contributed by atoms with Crippen molar-refractivity contribution in [2.45, 2.75) is 24.3 Å². The highest BCUT2D eigenvalue weighted by atomic mass is 32.2. The van der Waals surface area contributed by atoms with Crippen LogP contribution in [-0.4, -0.2) is 32.4 Å². The number of aliphatic hydroxyl groups excluding tert-OH is 1. The molecule has 1 aromatic carbocycles. The second kappa shape index (κ2) is 5.37. The smallest absolute Gasteiger partial charge is 0.177 e. The maximum absolute atomic E-state index is 11.4. The summed E-state index contributed by atoms with van der Waals surface area (Å²) in [6.07, 6.45) is 1.26. The standard InChI is InChI=1S/C11H18N2O3S/c1-3-8(14)7-13-9-5-4-6-10(11(9)12)17(2,15)16/h4-6,8,13-14H,3,7,12H2,1-2H3. The largest absolute Gasteiger partial charge is 0.396 e. The third-order valence-corrected chi connectivity index (χ3v) is 3.62. The molecule has 0 spiro atoms. The average molecular weight is 258 g/mol. The zero-order valence-corrected chi connectivity index (χ0v) is 10.8. The van der Waals surface area contributed by atoms with Crippen LogP contribution in [0.1, 0.15) is 13.3 Å². The zero-order valence-electron chi connectivity index (χ0n) is 9.97. The van der Waals surface area contributed by atoms with E-state index in [9.17, 15) is 13.5 Å². The van der Waals surface area contributed by atoms with E-state index in [-0.39, 0.29) is 10.6 Å². The lowest BCUT2D eigenvalue weighted by Crippen LogP contribution is -2.19. The van der Waals surface area contributed by atoms with Crippen LogP contribution in [0.5, 0.6) is 0 Å². The first-order chi connectivity index (χ1) is 7.86. The minimum Gasteiger partial charge on any atom is -0.396 e. The summed E-state index contributed by atoms with van der Waals surface area (Å²) in [6.45, 7) is 2.20. The molecule has 1 unspecified atom stereocenters. The van der Waals surface area contributed by atoms with Crippen molar-refractivity contribution in [3.63, 3.8) is 0 Å². The first-order valence-electron chi connectivity index (χ1n) is 5.36. The van der Waals surface area contributed by atoms with E-state index in [1.165, 1.54) is 6.07 Å². The van der Waals surface area contributed by atoms with Gasteiger partial charge in [-0.1, -0.05) is 13.0 Å². The summed E-state index contributed by atoms with van der Waals surface area (Å²) in [4.78, 5) is 0.105. The number of para-hydroxylation sites is 1. The highest BCUT2D eigenvalue weighted by molar-refractivity contribution is 7.90. The lowest BCUT2D eigenvalue weighted by molar-refractivity contribution is 0.183. The topological polar surface area (TPSA) is 92.4 Å². The van der Waals surface area contributed by atoms with E-state index >= 15 is 0 Å². The fourth-order valence-electron chi connectivity index (χ4n) is 1.39. The fourth-order valence-corrected chi connectivity index (χ4v) is 2.23. The zero-order chi connectivity index (χ0) is 13.1. The molecule has 0 saturated carbocycles. The van der Waals surface area contributed by atoms with Crippen molar-refractivity contribution in [3.8, 4) is 0 Å². The molecule has 0 aliphatic rings. The van der Waals surface area contributed by atoms with E-state index in [0.29, 0.717) is 18.7 Å². The van der Waals surface area contributed by atoms with E-state index in [2.05, 4.69) is 5.32 Å². The van der Waals surface area contributed by atoms with E-state index in [0.717, 1.165) is 6.26 Å². The van der Waals surface area contributed by atoms with Gasteiger partial charge in [0, 0.05) is 12.8 Å². The molecule has 0 saturated heterocycles. The third-order valence-electron chi connectivity index (χ3n) is 2.46. The number of hydrogen-bond donors (Lipinski definition) is 3. The Morgan fingerprint density at radius 2 is 2.12 bits per heavy atom. The summed E-state index contributed by atoms with van der Waals surface area (Å²) in [5.41, 5.74) is 6.49. The first-order valence-corrected chi connectivity index (χ1v) is 7.26. The van der Waals surface area contributed by atoms with Crippen molar-refractivity contribution in [2.24, 2.45) is 0 Å². The van der Waals surface area contributed by atoms with Crippen molar-refractivity contribution in [3.05, 3.63) is 18.2 Å². The first kappa shape index (κ1) is 13.8. The van der Waals surface area contributed by atoms with E-state index in [1.807, 2.05) is 6.92 Å². The van der Waals surface area contributed by atoms with E-state index in [1.54, 1.807) is 12.1 Å². The van der Waals surface area contributed by atoms with Crippen LogP contribution in [0.4, 0.5) is 11.4 Å². The Morgan fingerprint density at radius 3 is 2.65 bits per heavy atom. The highest BCUT2D eigenvalue weighted by Crippen LogP contribution is 2.26. The van der Waals surface area contributed by atoms with Gasteiger partial charge in [0.25, 0.3) is 0 Å². The number of rotatable bonds is 5. The second-order valence-corrected chi connectivity index (χ2v) is 5.92. The molecule has 1 rings (SSSR count). The molecule has 0 aromatic heterocycles. The minimum absolute atomic E-state index is 0.105. The van der Waals surface area contributed by atoms with Gasteiger partial charge in [-0.3, -0.25) is 0 Å². The number of benzene rings is 1. The molecular weight excluding hydrogens is 240 g/mol. The van der Waals surface area contributed by atoms with Crippen LogP contribution in [0, 0.1) is 0 Å². The van der Waals surface area contributed by atoms with Crippen molar-refractivity contribution >= 4 is 21.2 Å². The van der Waals surface area contributed by atoms with Gasteiger partial charge in [0.1, 0.15) is 0 Å². The molecule has 96 valence electrons. The molecule has 0 aliphatic heterocycles. The predicted octanol–water partition coefficient (Wildman–Crippen LogP) is 0.855. The van der Waals surface area contributed by atoms with Crippen LogP contribution in [0.3, 0.4) is 0 Å². The Labute approximate surface area is 102 Å². The Hall–Kier alpha value is -1.27. The summed E-state index contributed by atoms with van der Waals surface area (Å²) < 4.78 is 22.9. The molecule has 1 aromatic rings. The number of anilines is 2.